The number of hydrogen-bond acceptors (Lipinski definition) is 7. The van der Waals surface area contributed by atoms with Crippen molar-refractivity contribution in [2.45, 2.75) is 51.0 Å². The third-order valence-corrected chi connectivity index (χ3v) is 5.33. The van der Waals surface area contributed by atoms with Crippen molar-refractivity contribution in [3.8, 4) is 5.75 Å². The SMILES string of the molecule is COC(=O)[C@H](Cc1ccccc1)NCCOc1cccc(NC(=O)CCCCCCC(=O)NO)c1. The van der Waals surface area contributed by atoms with Crippen LogP contribution in [0.2, 0.25) is 0 Å². The number of hydroxylamine groups is 1. The molecule has 0 saturated carbocycles. The van der Waals surface area contributed by atoms with E-state index in [1.54, 1.807) is 29.7 Å². The molecule has 0 unspecified atom stereocenters. The number of benzene rings is 2. The molecule has 9 nitrogen and oxygen atoms in total. The second-order valence-corrected chi connectivity index (χ2v) is 8.09. The monoisotopic (exact) mass is 485 g/mol. The minimum Gasteiger partial charge on any atom is -0.492 e. The van der Waals surface area contributed by atoms with Gasteiger partial charge in [0.05, 0.1) is 7.11 Å². The minimum absolute atomic E-state index is 0.0845. The molecule has 0 aliphatic carbocycles. The lowest BCUT2D eigenvalue weighted by Gasteiger charge is -2.17. The summed E-state index contributed by atoms with van der Waals surface area (Å²) in [4.78, 5) is 35.2. The fourth-order valence-electron chi connectivity index (χ4n) is 3.50. The number of unbranched alkanes of at least 4 members (excludes halogenated alkanes) is 3. The summed E-state index contributed by atoms with van der Waals surface area (Å²) in [5.74, 6) is -0.187. The first-order valence-corrected chi connectivity index (χ1v) is 11.8. The van der Waals surface area contributed by atoms with Crippen molar-refractivity contribution < 1.29 is 29.1 Å². The van der Waals surface area contributed by atoms with E-state index < -0.39 is 11.9 Å². The van der Waals surface area contributed by atoms with Gasteiger partial charge in [-0.05, 0) is 37.0 Å². The van der Waals surface area contributed by atoms with Crippen LogP contribution < -0.4 is 20.9 Å². The Morgan fingerprint density at radius 2 is 1.63 bits per heavy atom. The van der Waals surface area contributed by atoms with E-state index in [1.165, 1.54) is 7.11 Å². The number of carbonyl (C=O) groups excluding carboxylic acids is 3. The summed E-state index contributed by atoms with van der Waals surface area (Å²) in [7, 11) is 1.37. The van der Waals surface area contributed by atoms with E-state index in [1.807, 2.05) is 30.3 Å². The molecule has 0 heterocycles. The van der Waals surface area contributed by atoms with Crippen LogP contribution in [0, 0.1) is 0 Å². The van der Waals surface area contributed by atoms with Gasteiger partial charge in [0.2, 0.25) is 11.8 Å². The van der Waals surface area contributed by atoms with Crippen molar-refractivity contribution in [3.63, 3.8) is 0 Å². The van der Waals surface area contributed by atoms with Gasteiger partial charge in [-0.1, -0.05) is 49.2 Å². The molecule has 2 aromatic carbocycles. The van der Waals surface area contributed by atoms with Gasteiger partial charge in [-0.15, -0.1) is 0 Å². The first-order valence-electron chi connectivity index (χ1n) is 11.8. The fraction of sp³-hybridized carbons (Fsp3) is 0.423. The first kappa shape index (κ1) is 27.8. The summed E-state index contributed by atoms with van der Waals surface area (Å²) in [6.45, 7) is 0.789. The average Bonchev–Trinajstić information content (AvgIpc) is 2.88. The molecule has 2 rings (SSSR count). The molecule has 190 valence electrons. The lowest BCUT2D eigenvalue weighted by atomic mass is 10.1. The van der Waals surface area contributed by atoms with Gasteiger partial charge in [-0.3, -0.25) is 19.6 Å². The highest BCUT2D eigenvalue weighted by Crippen LogP contribution is 2.18. The van der Waals surface area contributed by atoms with E-state index in [-0.39, 0.29) is 18.3 Å². The van der Waals surface area contributed by atoms with Gasteiger partial charge >= 0.3 is 5.97 Å². The number of rotatable bonds is 16. The van der Waals surface area contributed by atoms with Gasteiger partial charge in [0, 0.05) is 31.1 Å². The molecule has 0 radical (unpaired) electrons. The predicted octanol–water partition coefficient (Wildman–Crippen LogP) is 3.22. The molecule has 0 spiro atoms. The Bertz CT molecular complexity index is 922. The molecule has 0 aliphatic heterocycles. The molecule has 0 bridgehead atoms. The zero-order valence-electron chi connectivity index (χ0n) is 20.1. The largest absolute Gasteiger partial charge is 0.492 e. The van der Waals surface area contributed by atoms with Crippen LogP contribution in [0.3, 0.4) is 0 Å². The third-order valence-electron chi connectivity index (χ3n) is 5.33. The molecule has 0 fully saturated rings. The van der Waals surface area contributed by atoms with E-state index >= 15 is 0 Å². The summed E-state index contributed by atoms with van der Waals surface area (Å²) in [5.41, 5.74) is 3.29. The number of carbonyl (C=O) groups is 3. The maximum absolute atomic E-state index is 12.2. The highest BCUT2D eigenvalue weighted by atomic mass is 16.5. The molecule has 0 aromatic heterocycles. The van der Waals surface area contributed by atoms with Crippen molar-refractivity contribution in [3.05, 3.63) is 60.2 Å². The van der Waals surface area contributed by atoms with Gasteiger partial charge < -0.3 is 20.1 Å². The predicted molar refractivity (Wildman–Crippen MR) is 132 cm³/mol. The van der Waals surface area contributed by atoms with E-state index in [0.717, 1.165) is 24.8 Å². The molecule has 2 amide bonds. The summed E-state index contributed by atoms with van der Waals surface area (Å²) in [5, 5.41) is 14.5. The number of methoxy groups -OCH3 is 1. The van der Waals surface area contributed by atoms with Crippen LogP contribution in [0.15, 0.2) is 54.6 Å². The molecule has 9 heteroatoms. The Labute approximate surface area is 206 Å². The second kappa shape index (κ2) is 16.2. The minimum atomic E-state index is -0.469. The standard InChI is InChI=1S/C26H35N3O6/c1-34-26(32)23(18-20-10-5-4-6-11-20)27-16-17-35-22-13-9-12-21(19-22)28-24(30)14-7-2-3-8-15-25(31)29-33/h4-6,9-13,19,23,27,33H,2-3,7-8,14-18H2,1H3,(H,28,30)(H,29,31)/t23-/m0/s1. The lowest BCUT2D eigenvalue weighted by molar-refractivity contribution is -0.143. The van der Waals surface area contributed by atoms with E-state index in [0.29, 0.717) is 43.9 Å². The van der Waals surface area contributed by atoms with Crippen molar-refractivity contribution in [1.82, 2.24) is 10.8 Å². The number of amides is 2. The van der Waals surface area contributed by atoms with Gasteiger partial charge in [0.1, 0.15) is 18.4 Å². The number of hydrogen-bond donors (Lipinski definition) is 4. The quantitative estimate of drug-likeness (QED) is 0.124. The molecule has 35 heavy (non-hydrogen) atoms. The maximum Gasteiger partial charge on any atom is 0.323 e. The maximum atomic E-state index is 12.2. The summed E-state index contributed by atoms with van der Waals surface area (Å²) in [6, 6.07) is 16.4. The van der Waals surface area contributed by atoms with Gasteiger partial charge in [-0.25, -0.2) is 5.48 Å². The van der Waals surface area contributed by atoms with E-state index in [4.69, 9.17) is 14.7 Å². The zero-order chi connectivity index (χ0) is 25.3. The number of anilines is 1. The molecular formula is C26H35N3O6. The third kappa shape index (κ3) is 11.5. The highest BCUT2D eigenvalue weighted by molar-refractivity contribution is 5.90. The molecule has 1 atom stereocenters. The fourth-order valence-corrected chi connectivity index (χ4v) is 3.50. The molecule has 4 N–H and O–H groups in total. The summed E-state index contributed by atoms with van der Waals surface area (Å²) < 4.78 is 10.7. The molecule has 2 aromatic rings. The Balaban J connectivity index is 1.69. The second-order valence-electron chi connectivity index (χ2n) is 8.09. The van der Waals surface area contributed by atoms with Gasteiger partial charge in [-0.2, -0.15) is 0 Å². The Hall–Kier alpha value is -3.43. The zero-order valence-corrected chi connectivity index (χ0v) is 20.1. The summed E-state index contributed by atoms with van der Waals surface area (Å²) >= 11 is 0. The van der Waals surface area contributed by atoms with Gasteiger partial charge in [0.15, 0.2) is 0 Å². The van der Waals surface area contributed by atoms with Crippen LogP contribution >= 0.6 is 0 Å². The Morgan fingerprint density at radius 1 is 0.914 bits per heavy atom. The van der Waals surface area contributed by atoms with Crippen molar-refractivity contribution in [2.75, 3.05) is 25.6 Å². The molecule has 0 saturated heterocycles. The normalized spacial score (nSPS) is 11.4. The number of nitrogens with one attached hydrogen (secondary N) is 3. The van der Waals surface area contributed by atoms with Crippen molar-refractivity contribution in [2.24, 2.45) is 0 Å². The summed E-state index contributed by atoms with van der Waals surface area (Å²) in [6.07, 6.45) is 4.24. The molecular weight excluding hydrogens is 450 g/mol. The smallest absolute Gasteiger partial charge is 0.323 e. The van der Waals surface area contributed by atoms with Crippen LogP contribution in [0.5, 0.6) is 5.75 Å². The average molecular weight is 486 g/mol. The van der Waals surface area contributed by atoms with Crippen LogP contribution in [-0.2, 0) is 25.5 Å². The lowest BCUT2D eigenvalue weighted by Crippen LogP contribution is -2.41. The number of ether oxygens (including phenoxy) is 2. The van der Waals surface area contributed by atoms with Crippen molar-refractivity contribution in [1.29, 1.82) is 0 Å². The van der Waals surface area contributed by atoms with Crippen LogP contribution in [-0.4, -0.2) is 49.3 Å². The Morgan fingerprint density at radius 3 is 2.31 bits per heavy atom. The Kier molecular flexibility index (Phi) is 12.9. The van der Waals surface area contributed by atoms with Crippen LogP contribution in [0.25, 0.3) is 0 Å². The van der Waals surface area contributed by atoms with Crippen LogP contribution in [0.4, 0.5) is 5.69 Å². The number of esters is 1. The van der Waals surface area contributed by atoms with E-state index in [2.05, 4.69) is 10.6 Å². The van der Waals surface area contributed by atoms with E-state index in [9.17, 15) is 14.4 Å². The van der Waals surface area contributed by atoms with Crippen molar-refractivity contribution >= 4 is 23.5 Å². The highest BCUT2D eigenvalue weighted by Gasteiger charge is 2.18. The first-order chi connectivity index (χ1) is 17.0. The van der Waals surface area contributed by atoms with Crippen LogP contribution in [0.1, 0.15) is 44.1 Å². The van der Waals surface area contributed by atoms with Gasteiger partial charge in [0.25, 0.3) is 0 Å². The topological polar surface area (TPSA) is 126 Å². The molecule has 0 aliphatic rings.